The molecule has 1 aliphatic heterocycles. The van der Waals surface area contributed by atoms with Crippen LogP contribution in [0.3, 0.4) is 0 Å². The topological polar surface area (TPSA) is 17.1 Å². The Bertz CT molecular complexity index is 309. The first-order chi connectivity index (χ1) is 4.49. The van der Waals surface area contributed by atoms with E-state index in [1.165, 1.54) is 0 Å². The van der Waals surface area contributed by atoms with Crippen LogP contribution in [-0.4, -0.2) is 15.8 Å². The minimum Gasteiger partial charge on any atom is -0.263 e. The van der Waals surface area contributed by atoms with Gasteiger partial charge < -0.3 is 0 Å². The van der Waals surface area contributed by atoms with Crippen LogP contribution < -0.4 is 0 Å². The molecule has 0 bridgehead atoms. The first-order valence-electron chi connectivity index (χ1n) is 3.20. The molecule has 0 amide bonds. The van der Waals surface area contributed by atoms with Crippen molar-refractivity contribution in [3.8, 4) is 0 Å². The van der Waals surface area contributed by atoms with Crippen molar-refractivity contribution < 1.29 is 4.21 Å². The molecule has 10 heavy (non-hydrogen) atoms. The lowest BCUT2D eigenvalue weighted by Crippen LogP contribution is -2.02. The van der Waals surface area contributed by atoms with Crippen LogP contribution >= 0.6 is 0 Å². The van der Waals surface area contributed by atoms with Gasteiger partial charge in [0.15, 0.2) is 0 Å². The minimum absolute atomic E-state index is 1.10. The predicted octanol–water partition coefficient (Wildman–Crippen LogP) is 1.57. The first-order valence-corrected chi connectivity index (χ1v) is 5.29. The SMILES string of the molecule is CC1=CC(C)=CS(C)(=O)=C1. The second-order valence-corrected chi connectivity index (χ2v) is 5.24. The molecular formula is C8H12OS. The highest BCUT2D eigenvalue weighted by atomic mass is 32.2. The summed E-state index contributed by atoms with van der Waals surface area (Å²) in [5.74, 6) is 0. The van der Waals surface area contributed by atoms with Crippen LogP contribution in [0.5, 0.6) is 0 Å². The molecule has 0 aromatic heterocycles. The molecule has 1 unspecified atom stereocenters. The third kappa shape index (κ3) is 1.74. The molecule has 0 spiro atoms. The van der Waals surface area contributed by atoms with Crippen LogP contribution in [0.1, 0.15) is 13.8 Å². The summed E-state index contributed by atoms with van der Waals surface area (Å²) in [7, 11) is -1.79. The van der Waals surface area contributed by atoms with Crippen molar-refractivity contribution in [1.82, 2.24) is 0 Å². The first kappa shape index (κ1) is 7.61. The Kier molecular flexibility index (Phi) is 1.73. The maximum Gasteiger partial charge on any atom is 0.00865 e. The Morgan fingerprint density at radius 3 is 2.30 bits per heavy atom. The monoisotopic (exact) mass is 156 g/mol. The van der Waals surface area contributed by atoms with Gasteiger partial charge in [0.05, 0.1) is 0 Å². The summed E-state index contributed by atoms with van der Waals surface area (Å²) in [6.07, 6.45) is 3.79. The van der Waals surface area contributed by atoms with Gasteiger partial charge in [0, 0.05) is 6.26 Å². The smallest absolute Gasteiger partial charge is 0.00865 e. The molecule has 0 aliphatic carbocycles. The fourth-order valence-corrected chi connectivity index (χ4v) is 2.88. The Balaban J connectivity index is 3.29. The highest BCUT2D eigenvalue weighted by molar-refractivity contribution is 8.03. The number of hydrogen-bond acceptors (Lipinski definition) is 1. The predicted molar refractivity (Wildman–Crippen MR) is 47.6 cm³/mol. The van der Waals surface area contributed by atoms with Crippen molar-refractivity contribution in [1.29, 1.82) is 0 Å². The molecule has 0 aromatic rings. The van der Waals surface area contributed by atoms with E-state index in [1.54, 1.807) is 6.26 Å². The molecular weight excluding hydrogens is 144 g/mol. The third-order valence-corrected chi connectivity index (χ3v) is 2.97. The highest BCUT2D eigenvalue weighted by Gasteiger charge is 2.01. The van der Waals surface area contributed by atoms with Crippen LogP contribution in [-0.2, 0) is 9.52 Å². The average Bonchev–Trinajstić information content (AvgIpc) is 1.54. The molecule has 56 valence electrons. The van der Waals surface area contributed by atoms with Gasteiger partial charge in [0.2, 0.25) is 0 Å². The Hall–Kier alpha value is -0.500. The summed E-state index contributed by atoms with van der Waals surface area (Å²) in [6, 6.07) is 0. The van der Waals surface area contributed by atoms with Gasteiger partial charge >= 0.3 is 0 Å². The minimum atomic E-state index is -1.79. The van der Waals surface area contributed by atoms with E-state index in [1.807, 2.05) is 30.7 Å². The van der Waals surface area contributed by atoms with Gasteiger partial charge in [0.1, 0.15) is 0 Å². The van der Waals surface area contributed by atoms with E-state index in [0.717, 1.165) is 11.1 Å². The second kappa shape index (κ2) is 2.27. The van der Waals surface area contributed by atoms with E-state index < -0.39 is 9.52 Å². The zero-order chi connectivity index (χ0) is 7.78. The molecule has 1 atom stereocenters. The van der Waals surface area contributed by atoms with Crippen molar-refractivity contribution in [2.45, 2.75) is 13.8 Å². The molecule has 0 N–H and O–H groups in total. The zero-order valence-electron chi connectivity index (χ0n) is 6.55. The van der Waals surface area contributed by atoms with Gasteiger partial charge in [-0.05, 0) is 45.3 Å². The molecule has 1 aliphatic rings. The number of hydrogen-bond donors (Lipinski definition) is 0. The van der Waals surface area contributed by atoms with Crippen LogP contribution in [0.25, 0.3) is 0 Å². The summed E-state index contributed by atoms with van der Waals surface area (Å²) < 4.78 is 11.5. The quantitative estimate of drug-likeness (QED) is 0.486. The summed E-state index contributed by atoms with van der Waals surface area (Å²) in [5.41, 5.74) is 2.21. The number of rotatable bonds is 0. The molecule has 2 heteroatoms. The molecule has 0 fully saturated rings. The van der Waals surface area contributed by atoms with Crippen molar-refractivity contribution in [2.75, 3.05) is 6.26 Å². The van der Waals surface area contributed by atoms with E-state index in [0.29, 0.717) is 0 Å². The maximum atomic E-state index is 11.5. The Morgan fingerprint density at radius 2 is 1.90 bits per heavy atom. The lowest BCUT2D eigenvalue weighted by Gasteiger charge is -2.06. The molecule has 1 nitrogen and oxygen atoms in total. The molecule has 0 radical (unpaired) electrons. The largest absolute Gasteiger partial charge is 0.263 e. The van der Waals surface area contributed by atoms with Crippen molar-refractivity contribution in [2.24, 2.45) is 0 Å². The van der Waals surface area contributed by atoms with Gasteiger partial charge in [-0.2, -0.15) is 0 Å². The fourth-order valence-electron chi connectivity index (χ4n) is 1.20. The second-order valence-electron chi connectivity index (χ2n) is 2.83. The van der Waals surface area contributed by atoms with Gasteiger partial charge in [-0.25, -0.2) is 0 Å². The summed E-state index contributed by atoms with van der Waals surface area (Å²) in [5, 5.41) is 3.64. The van der Waals surface area contributed by atoms with Crippen molar-refractivity contribution >= 4 is 14.9 Å². The standard InChI is InChI=1S/C8H12OS/c1-7-4-8(2)6-10(3,9)5-7/h4-6H,1-3H3. The van der Waals surface area contributed by atoms with E-state index in [-0.39, 0.29) is 0 Å². The van der Waals surface area contributed by atoms with Gasteiger partial charge in [-0.1, -0.05) is 6.08 Å². The molecule has 0 aromatic carbocycles. The van der Waals surface area contributed by atoms with Crippen LogP contribution in [0, 0.1) is 0 Å². The lowest BCUT2D eigenvalue weighted by molar-refractivity contribution is 0.689. The van der Waals surface area contributed by atoms with Crippen molar-refractivity contribution in [3.63, 3.8) is 0 Å². The van der Waals surface area contributed by atoms with E-state index in [4.69, 9.17) is 0 Å². The van der Waals surface area contributed by atoms with E-state index in [9.17, 15) is 4.21 Å². The molecule has 1 heterocycles. The summed E-state index contributed by atoms with van der Waals surface area (Å²) in [4.78, 5) is 0. The van der Waals surface area contributed by atoms with Crippen LogP contribution in [0.4, 0.5) is 0 Å². The normalized spacial score (nSPS) is 32.3. The Morgan fingerprint density at radius 1 is 1.30 bits per heavy atom. The number of allylic oxidation sites excluding steroid dienone is 3. The lowest BCUT2D eigenvalue weighted by atomic mass is 10.2. The summed E-state index contributed by atoms with van der Waals surface area (Å²) >= 11 is 0. The van der Waals surface area contributed by atoms with Gasteiger partial charge in [0.25, 0.3) is 0 Å². The molecule has 1 rings (SSSR count). The fraction of sp³-hybridized carbons (Fsp3) is 0.375. The average molecular weight is 156 g/mol. The van der Waals surface area contributed by atoms with Gasteiger partial charge in [-0.3, -0.25) is 4.21 Å². The Labute approximate surface area is 62.5 Å². The zero-order valence-corrected chi connectivity index (χ0v) is 7.37. The van der Waals surface area contributed by atoms with E-state index >= 15 is 0 Å². The maximum absolute atomic E-state index is 11.5. The molecule has 0 saturated carbocycles. The highest BCUT2D eigenvalue weighted by Crippen LogP contribution is 2.09. The summed E-state index contributed by atoms with van der Waals surface area (Å²) in [6.45, 7) is 3.94. The third-order valence-electron chi connectivity index (χ3n) is 1.30. The van der Waals surface area contributed by atoms with Crippen molar-refractivity contribution in [3.05, 3.63) is 22.6 Å². The van der Waals surface area contributed by atoms with Gasteiger partial charge in [-0.15, -0.1) is 0 Å². The van der Waals surface area contributed by atoms with Crippen LogP contribution in [0.15, 0.2) is 22.6 Å². The van der Waals surface area contributed by atoms with Crippen LogP contribution in [0.2, 0.25) is 0 Å². The molecule has 0 saturated heterocycles. The van der Waals surface area contributed by atoms with E-state index in [2.05, 4.69) is 0 Å².